The minimum Gasteiger partial charge on any atom is -0.485 e. The van der Waals surface area contributed by atoms with Gasteiger partial charge in [-0.1, -0.05) is 36.4 Å². The number of carbonyl (C=O) groups excluding carboxylic acids is 2. The van der Waals surface area contributed by atoms with Crippen molar-refractivity contribution in [2.24, 2.45) is 0 Å². The van der Waals surface area contributed by atoms with Crippen molar-refractivity contribution in [1.29, 1.82) is 0 Å². The van der Waals surface area contributed by atoms with E-state index in [4.69, 9.17) is 9.47 Å². The molecule has 3 rings (SSSR count). The number of fused-ring (bicyclic) bond motifs is 1. The first-order valence-electron chi connectivity index (χ1n) is 7.57. The van der Waals surface area contributed by atoms with Gasteiger partial charge in [0.2, 0.25) is 0 Å². The van der Waals surface area contributed by atoms with Crippen LogP contribution in [0.4, 0.5) is 5.69 Å². The molecule has 0 spiro atoms. The van der Waals surface area contributed by atoms with Crippen LogP contribution in [0.25, 0.3) is 0 Å². The Labute approximate surface area is 140 Å². The third-order valence-electron chi connectivity index (χ3n) is 3.67. The molecule has 1 aliphatic rings. The van der Waals surface area contributed by atoms with Gasteiger partial charge in [0.05, 0.1) is 5.69 Å². The molecule has 5 nitrogen and oxygen atoms in total. The van der Waals surface area contributed by atoms with Gasteiger partial charge in [-0.15, -0.1) is 6.58 Å². The first-order chi connectivity index (χ1) is 11.7. The number of ether oxygens (including phenoxy) is 2. The van der Waals surface area contributed by atoms with Gasteiger partial charge in [0.15, 0.2) is 18.1 Å². The minimum absolute atomic E-state index is 0.0665. The van der Waals surface area contributed by atoms with E-state index >= 15 is 0 Å². The third-order valence-corrected chi connectivity index (χ3v) is 3.67. The fraction of sp³-hybridized carbons (Fsp3) is 0.158. The van der Waals surface area contributed by atoms with Gasteiger partial charge >= 0.3 is 0 Å². The highest BCUT2D eigenvalue weighted by atomic mass is 16.5. The van der Waals surface area contributed by atoms with Crippen molar-refractivity contribution in [1.82, 2.24) is 0 Å². The molecule has 0 saturated carbocycles. The molecule has 5 heteroatoms. The van der Waals surface area contributed by atoms with Gasteiger partial charge < -0.3 is 14.4 Å². The van der Waals surface area contributed by atoms with Crippen molar-refractivity contribution in [2.75, 3.05) is 18.1 Å². The number of hydrogen-bond donors (Lipinski definition) is 0. The normalized spacial score (nSPS) is 13.0. The second kappa shape index (κ2) is 7.00. The van der Waals surface area contributed by atoms with E-state index in [0.29, 0.717) is 35.9 Å². The molecule has 122 valence electrons. The Balaban J connectivity index is 1.95. The van der Waals surface area contributed by atoms with E-state index in [1.165, 1.54) is 4.90 Å². The Morgan fingerprint density at radius 1 is 1.25 bits per heavy atom. The molecule has 2 aromatic carbocycles. The first-order valence-corrected chi connectivity index (χ1v) is 7.57. The number of benzene rings is 2. The minimum atomic E-state index is -0.181. The average Bonchev–Trinajstić information content (AvgIpc) is 2.62. The molecule has 0 radical (unpaired) electrons. The third kappa shape index (κ3) is 3.15. The SMILES string of the molecule is C=CCN1C(=O)COc2c(OCc3ccccc3)cc(C=O)cc21. The van der Waals surface area contributed by atoms with Crippen LogP contribution in [0.1, 0.15) is 15.9 Å². The summed E-state index contributed by atoms with van der Waals surface area (Å²) in [4.78, 5) is 24.8. The van der Waals surface area contributed by atoms with Gasteiger partial charge in [0.1, 0.15) is 12.9 Å². The maximum atomic E-state index is 12.1. The molecule has 2 aromatic rings. The topological polar surface area (TPSA) is 55.8 Å². The summed E-state index contributed by atoms with van der Waals surface area (Å²) in [6.45, 7) is 4.29. The zero-order valence-electron chi connectivity index (χ0n) is 13.1. The number of rotatable bonds is 6. The van der Waals surface area contributed by atoms with Gasteiger partial charge in [-0.3, -0.25) is 9.59 Å². The zero-order valence-corrected chi connectivity index (χ0v) is 13.1. The molecule has 1 amide bonds. The summed E-state index contributed by atoms with van der Waals surface area (Å²) in [5.41, 5.74) is 1.94. The molecule has 1 aliphatic heterocycles. The Kier molecular flexibility index (Phi) is 4.61. The summed E-state index contributed by atoms with van der Waals surface area (Å²) in [6.07, 6.45) is 2.35. The van der Waals surface area contributed by atoms with Crippen molar-refractivity contribution < 1.29 is 19.1 Å². The molecule has 0 fully saturated rings. The molecular formula is C19H17NO4. The Morgan fingerprint density at radius 2 is 2.04 bits per heavy atom. The standard InChI is InChI=1S/C19H17NO4/c1-2-8-20-16-9-15(11-21)10-17(19(16)24-13-18(20)22)23-12-14-6-4-3-5-7-14/h2-7,9-11H,1,8,12-13H2. The van der Waals surface area contributed by atoms with Gasteiger partial charge in [-0.05, 0) is 17.7 Å². The molecule has 0 aromatic heterocycles. The summed E-state index contributed by atoms with van der Waals surface area (Å²) in [5, 5.41) is 0. The molecule has 0 unspecified atom stereocenters. The Morgan fingerprint density at radius 3 is 2.75 bits per heavy atom. The van der Waals surface area contributed by atoms with Crippen LogP contribution in [0.15, 0.2) is 55.1 Å². The van der Waals surface area contributed by atoms with E-state index in [0.717, 1.165) is 11.8 Å². The quantitative estimate of drug-likeness (QED) is 0.606. The van der Waals surface area contributed by atoms with Crippen molar-refractivity contribution in [2.45, 2.75) is 6.61 Å². The smallest absolute Gasteiger partial charge is 0.265 e. The summed E-state index contributed by atoms with van der Waals surface area (Å²) in [7, 11) is 0. The Bertz CT molecular complexity index is 770. The molecule has 0 bridgehead atoms. The maximum absolute atomic E-state index is 12.1. The van der Waals surface area contributed by atoms with Crippen LogP contribution in [-0.2, 0) is 11.4 Å². The van der Waals surface area contributed by atoms with Crippen molar-refractivity contribution in [3.63, 3.8) is 0 Å². The van der Waals surface area contributed by atoms with Gasteiger partial charge in [0.25, 0.3) is 5.91 Å². The number of anilines is 1. The lowest BCUT2D eigenvalue weighted by atomic mass is 10.1. The largest absolute Gasteiger partial charge is 0.485 e. The number of carbonyl (C=O) groups is 2. The predicted molar refractivity (Wildman–Crippen MR) is 90.6 cm³/mol. The summed E-state index contributed by atoms with van der Waals surface area (Å²) < 4.78 is 11.4. The Hall–Kier alpha value is -3.08. The van der Waals surface area contributed by atoms with Gasteiger partial charge in [-0.25, -0.2) is 0 Å². The van der Waals surface area contributed by atoms with Crippen molar-refractivity contribution >= 4 is 17.9 Å². The van der Waals surface area contributed by atoms with E-state index in [1.54, 1.807) is 18.2 Å². The summed E-state index contributed by atoms with van der Waals surface area (Å²) in [6, 6.07) is 12.9. The van der Waals surface area contributed by atoms with E-state index in [1.807, 2.05) is 30.3 Å². The summed E-state index contributed by atoms with van der Waals surface area (Å²) >= 11 is 0. The average molecular weight is 323 g/mol. The molecule has 0 N–H and O–H groups in total. The molecule has 1 heterocycles. The predicted octanol–water partition coefficient (Wildman–Crippen LogP) is 2.99. The van der Waals surface area contributed by atoms with Crippen LogP contribution in [0.3, 0.4) is 0 Å². The fourth-order valence-corrected chi connectivity index (χ4v) is 2.54. The lowest BCUT2D eigenvalue weighted by molar-refractivity contribution is -0.121. The number of aldehydes is 1. The highest BCUT2D eigenvalue weighted by Crippen LogP contribution is 2.41. The zero-order chi connectivity index (χ0) is 16.9. The summed E-state index contributed by atoms with van der Waals surface area (Å²) in [5.74, 6) is 0.734. The second-order valence-corrected chi connectivity index (χ2v) is 5.34. The number of hydrogen-bond acceptors (Lipinski definition) is 4. The molecule has 24 heavy (non-hydrogen) atoms. The highest BCUT2D eigenvalue weighted by Gasteiger charge is 2.28. The molecule has 0 saturated heterocycles. The van der Waals surface area contributed by atoms with Gasteiger partial charge in [-0.2, -0.15) is 0 Å². The van der Waals surface area contributed by atoms with Crippen LogP contribution >= 0.6 is 0 Å². The van der Waals surface area contributed by atoms with Crippen molar-refractivity contribution in [3.8, 4) is 11.5 Å². The lowest BCUT2D eigenvalue weighted by Crippen LogP contribution is -2.39. The van der Waals surface area contributed by atoms with E-state index in [9.17, 15) is 9.59 Å². The second-order valence-electron chi connectivity index (χ2n) is 5.34. The molecular weight excluding hydrogens is 306 g/mol. The van der Waals surface area contributed by atoms with Crippen LogP contribution < -0.4 is 14.4 Å². The fourth-order valence-electron chi connectivity index (χ4n) is 2.54. The van der Waals surface area contributed by atoms with Crippen LogP contribution in [0.2, 0.25) is 0 Å². The van der Waals surface area contributed by atoms with Gasteiger partial charge in [0, 0.05) is 12.1 Å². The monoisotopic (exact) mass is 323 g/mol. The van der Waals surface area contributed by atoms with E-state index in [-0.39, 0.29) is 12.5 Å². The van der Waals surface area contributed by atoms with Crippen LogP contribution in [-0.4, -0.2) is 25.3 Å². The maximum Gasteiger partial charge on any atom is 0.265 e. The van der Waals surface area contributed by atoms with Crippen LogP contribution in [0.5, 0.6) is 11.5 Å². The van der Waals surface area contributed by atoms with Crippen molar-refractivity contribution in [3.05, 3.63) is 66.2 Å². The molecule has 0 atom stereocenters. The first kappa shape index (κ1) is 15.8. The van der Waals surface area contributed by atoms with E-state index in [2.05, 4.69) is 6.58 Å². The molecule has 0 aliphatic carbocycles. The number of amides is 1. The number of nitrogens with zero attached hydrogens (tertiary/aromatic N) is 1. The highest BCUT2D eigenvalue weighted by molar-refractivity contribution is 6.00. The lowest BCUT2D eigenvalue weighted by Gasteiger charge is -2.30. The van der Waals surface area contributed by atoms with E-state index < -0.39 is 0 Å². The van der Waals surface area contributed by atoms with Crippen LogP contribution in [0, 0.1) is 0 Å².